The zero-order valence-corrected chi connectivity index (χ0v) is 12.0. The number of fused-ring (bicyclic) bond motifs is 1. The summed E-state index contributed by atoms with van der Waals surface area (Å²) in [6.07, 6.45) is 4.12. The van der Waals surface area contributed by atoms with Crippen LogP contribution in [0.3, 0.4) is 0 Å². The molecule has 0 saturated heterocycles. The van der Waals surface area contributed by atoms with Gasteiger partial charge in [-0.05, 0) is 48.9 Å². The van der Waals surface area contributed by atoms with Crippen molar-refractivity contribution < 1.29 is 9.84 Å². The molecule has 0 amide bonds. The van der Waals surface area contributed by atoms with E-state index in [9.17, 15) is 5.11 Å². The molecule has 108 valence electrons. The predicted molar refractivity (Wildman–Crippen MR) is 81.9 cm³/mol. The maximum Gasteiger partial charge on any atom is 0.147 e. The molecular formula is C17H18N2O2. The number of aromatic hydroxyl groups is 1. The highest BCUT2D eigenvalue weighted by Crippen LogP contribution is 2.43. The topological polar surface area (TPSA) is 54.2 Å². The van der Waals surface area contributed by atoms with Crippen LogP contribution in [0.4, 0.5) is 11.4 Å². The Morgan fingerprint density at radius 3 is 2.43 bits per heavy atom. The summed E-state index contributed by atoms with van der Waals surface area (Å²) >= 11 is 0. The van der Waals surface area contributed by atoms with Crippen LogP contribution in [0.1, 0.15) is 24.0 Å². The third-order valence-corrected chi connectivity index (χ3v) is 3.80. The Kier molecular flexibility index (Phi) is 3.86. The quantitative estimate of drug-likeness (QED) is 0.830. The molecule has 4 nitrogen and oxygen atoms in total. The number of nitrogens with zero attached hydrogens (tertiary/aromatic N) is 2. The zero-order valence-electron chi connectivity index (χ0n) is 12.0. The molecule has 0 fully saturated rings. The molecule has 1 N–H and O–H groups in total. The van der Waals surface area contributed by atoms with Crippen LogP contribution in [0.5, 0.6) is 11.5 Å². The number of hydrogen-bond donors (Lipinski definition) is 1. The van der Waals surface area contributed by atoms with Crippen LogP contribution in [-0.4, -0.2) is 12.2 Å². The molecule has 2 aromatic rings. The lowest BCUT2D eigenvalue weighted by Gasteiger charge is -2.20. The minimum atomic E-state index is 0.132. The minimum Gasteiger partial charge on any atom is -0.505 e. The molecule has 2 aromatic carbocycles. The van der Waals surface area contributed by atoms with Crippen LogP contribution >= 0.6 is 0 Å². The summed E-state index contributed by atoms with van der Waals surface area (Å²) < 4.78 is 5.38. The lowest BCUT2D eigenvalue weighted by atomic mass is 9.89. The first-order valence-corrected chi connectivity index (χ1v) is 7.18. The van der Waals surface area contributed by atoms with Crippen LogP contribution in [0.25, 0.3) is 0 Å². The summed E-state index contributed by atoms with van der Waals surface area (Å²) in [6.45, 7) is 0. The van der Waals surface area contributed by atoms with Crippen molar-refractivity contribution in [3.8, 4) is 11.5 Å². The average Bonchev–Trinajstić information content (AvgIpc) is 2.54. The van der Waals surface area contributed by atoms with Crippen molar-refractivity contribution in [2.45, 2.75) is 25.7 Å². The summed E-state index contributed by atoms with van der Waals surface area (Å²) in [6, 6.07) is 11.2. The predicted octanol–water partition coefficient (Wildman–Crippen LogP) is 4.70. The van der Waals surface area contributed by atoms with E-state index in [0.717, 1.165) is 48.2 Å². The maximum absolute atomic E-state index is 10.2. The molecule has 3 rings (SSSR count). The Balaban J connectivity index is 2.04. The zero-order chi connectivity index (χ0) is 14.7. The Hall–Kier alpha value is -2.36. The highest BCUT2D eigenvalue weighted by Gasteiger charge is 2.21. The van der Waals surface area contributed by atoms with Crippen molar-refractivity contribution in [3.63, 3.8) is 0 Å². The standard InChI is InChI=1S/C17H18N2O2/c1-21-16-11-15(20)17(14-10-6-5-9-13(14)16)19-18-12-7-3-2-4-8-12/h2-4,7-8,11,20H,5-6,9-10H2,1H3. The lowest BCUT2D eigenvalue weighted by Crippen LogP contribution is -2.05. The van der Waals surface area contributed by atoms with Crippen LogP contribution < -0.4 is 4.74 Å². The molecule has 0 aromatic heterocycles. The Labute approximate surface area is 124 Å². The number of rotatable bonds is 3. The molecule has 0 aliphatic heterocycles. The third-order valence-electron chi connectivity index (χ3n) is 3.80. The van der Waals surface area contributed by atoms with E-state index in [0.29, 0.717) is 5.69 Å². The Morgan fingerprint density at radius 2 is 1.71 bits per heavy atom. The summed E-state index contributed by atoms with van der Waals surface area (Å²) in [5, 5.41) is 18.7. The van der Waals surface area contributed by atoms with Gasteiger partial charge in [0.15, 0.2) is 0 Å². The Morgan fingerprint density at radius 1 is 1.00 bits per heavy atom. The first-order chi connectivity index (χ1) is 10.3. The van der Waals surface area contributed by atoms with Crippen LogP contribution in [0.15, 0.2) is 46.6 Å². The molecule has 0 bridgehead atoms. The average molecular weight is 282 g/mol. The molecule has 21 heavy (non-hydrogen) atoms. The molecule has 0 heterocycles. The van der Waals surface area contributed by atoms with Gasteiger partial charge < -0.3 is 9.84 Å². The van der Waals surface area contributed by atoms with Gasteiger partial charge in [-0.2, -0.15) is 5.11 Å². The van der Waals surface area contributed by atoms with Crippen molar-refractivity contribution >= 4 is 11.4 Å². The number of benzene rings is 2. The van der Waals surface area contributed by atoms with Gasteiger partial charge >= 0.3 is 0 Å². The molecule has 0 unspecified atom stereocenters. The largest absolute Gasteiger partial charge is 0.505 e. The normalized spacial score (nSPS) is 14.1. The summed E-state index contributed by atoms with van der Waals surface area (Å²) in [4.78, 5) is 0. The monoisotopic (exact) mass is 282 g/mol. The van der Waals surface area contributed by atoms with Crippen molar-refractivity contribution in [2.24, 2.45) is 10.2 Å². The second-order valence-electron chi connectivity index (χ2n) is 5.15. The van der Waals surface area contributed by atoms with Gasteiger partial charge in [-0.3, -0.25) is 0 Å². The van der Waals surface area contributed by atoms with Crippen LogP contribution in [-0.2, 0) is 12.8 Å². The summed E-state index contributed by atoms with van der Waals surface area (Å²) in [7, 11) is 1.63. The fourth-order valence-electron chi connectivity index (χ4n) is 2.77. The van der Waals surface area contributed by atoms with Gasteiger partial charge in [0.2, 0.25) is 0 Å². The first kappa shape index (κ1) is 13.6. The number of methoxy groups -OCH3 is 1. The number of ether oxygens (including phenoxy) is 1. The molecule has 1 aliphatic carbocycles. The van der Waals surface area contributed by atoms with Crippen molar-refractivity contribution in [3.05, 3.63) is 47.5 Å². The van der Waals surface area contributed by atoms with Crippen molar-refractivity contribution in [1.82, 2.24) is 0 Å². The number of phenols is 1. The van der Waals surface area contributed by atoms with Gasteiger partial charge in [0.1, 0.15) is 17.2 Å². The molecule has 0 radical (unpaired) electrons. The van der Waals surface area contributed by atoms with E-state index < -0.39 is 0 Å². The molecule has 0 atom stereocenters. The van der Waals surface area contributed by atoms with E-state index >= 15 is 0 Å². The lowest BCUT2D eigenvalue weighted by molar-refractivity contribution is 0.399. The van der Waals surface area contributed by atoms with Gasteiger partial charge in [0, 0.05) is 6.07 Å². The number of hydrogen-bond acceptors (Lipinski definition) is 4. The molecule has 4 heteroatoms. The molecule has 1 aliphatic rings. The summed E-state index contributed by atoms with van der Waals surface area (Å²) in [5.74, 6) is 0.882. The minimum absolute atomic E-state index is 0.132. The fourth-order valence-corrected chi connectivity index (χ4v) is 2.77. The SMILES string of the molecule is COc1cc(O)c(N=Nc2ccccc2)c2c1CCCC2. The fraction of sp³-hybridized carbons (Fsp3) is 0.294. The maximum atomic E-state index is 10.2. The van der Waals surface area contributed by atoms with E-state index in [4.69, 9.17) is 4.74 Å². The second-order valence-corrected chi connectivity index (χ2v) is 5.15. The highest BCUT2D eigenvalue weighted by atomic mass is 16.5. The van der Waals surface area contributed by atoms with Crippen LogP contribution in [0.2, 0.25) is 0 Å². The number of azo groups is 1. The smallest absolute Gasteiger partial charge is 0.147 e. The van der Waals surface area contributed by atoms with E-state index in [1.165, 1.54) is 0 Å². The summed E-state index contributed by atoms with van der Waals surface area (Å²) in [5.41, 5.74) is 3.58. The molecular weight excluding hydrogens is 264 g/mol. The molecule has 0 saturated carbocycles. The van der Waals surface area contributed by atoms with Gasteiger partial charge in [0.25, 0.3) is 0 Å². The van der Waals surface area contributed by atoms with Gasteiger partial charge in [0.05, 0.1) is 12.8 Å². The molecule has 0 spiro atoms. The van der Waals surface area contributed by atoms with E-state index in [1.807, 2.05) is 30.3 Å². The van der Waals surface area contributed by atoms with Gasteiger partial charge in [-0.25, -0.2) is 0 Å². The number of phenolic OH excluding ortho intramolecular Hbond substituents is 1. The van der Waals surface area contributed by atoms with E-state index in [-0.39, 0.29) is 5.75 Å². The van der Waals surface area contributed by atoms with E-state index in [1.54, 1.807) is 13.2 Å². The highest BCUT2D eigenvalue weighted by molar-refractivity contribution is 5.65. The Bertz CT molecular complexity index is 666. The van der Waals surface area contributed by atoms with Crippen LogP contribution in [0, 0.1) is 0 Å². The second kappa shape index (κ2) is 5.95. The van der Waals surface area contributed by atoms with Crippen molar-refractivity contribution in [1.29, 1.82) is 0 Å². The van der Waals surface area contributed by atoms with Gasteiger partial charge in [-0.15, -0.1) is 5.11 Å². The van der Waals surface area contributed by atoms with E-state index in [2.05, 4.69) is 10.2 Å². The first-order valence-electron chi connectivity index (χ1n) is 7.18. The van der Waals surface area contributed by atoms with Gasteiger partial charge in [-0.1, -0.05) is 18.2 Å². The third kappa shape index (κ3) is 2.75. The van der Waals surface area contributed by atoms with Crippen molar-refractivity contribution in [2.75, 3.05) is 7.11 Å².